The van der Waals surface area contributed by atoms with Gasteiger partial charge in [0.15, 0.2) is 5.82 Å². The third-order valence-corrected chi connectivity index (χ3v) is 3.94. The molecule has 0 radical (unpaired) electrons. The predicted octanol–water partition coefficient (Wildman–Crippen LogP) is 2.59. The first-order chi connectivity index (χ1) is 10.6. The highest BCUT2D eigenvalue weighted by atomic mass is 35.5. The van der Waals surface area contributed by atoms with Gasteiger partial charge in [-0.05, 0) is 24.1 Å². The Balaban J connectivity index is 2.01. The summed E-state index contributed by atoms with van der Waals surface area (Å²) in [5.41, 5.74) is 0.769. The van der Waals surface area contributed by atoms with Crippen LogP contribution in [0.25, 0.3) is 0 Å². The van der Waals surface area contributed by atoms with Gasteiger partial charge in [-0.1, -0.05) is 23.7 Å². The molecule has 22 heavy (non-hydrogen) atoms. The molecule has 1 aromatic heterocycles. The van der Waals surface area contributed by atoms with Crippen molar-refractivity contribution in [3.63, 3.8) is 0 Å². The lowest BCUT2D eigenvalue weighted by atomic mass is 10.0. The molecule has 1 N–H and O–H groups in total. The fourth-order valence-electron chi connectivity index (χ4n) is 2.72. The van der Waals surface area contributed by atoms with Gasteiger partial charge in [0, 0.05) is 6.54 Å². The van der Waals surface area contributed by atoms with Gasteiger partial charge in [-0.15, -0.1) is 0 Å². The third kappa shape index (κ3) is 2.84. The smallest absolute Gasteiger partial charge is 0.318 e. The quantitative estimate of drug-likeness (QED) is 0.941. The van der Waals surface area contributed by atoms with Gasteiger partial charge >= 0.3 is 6.01 Å². The van der Waals surface area contributed by atoms with Gasteiger partial charge in [0.25, 0.3) is 0 Å². The lowest BCUT2D eigenvalue weighted by Gasteiger charge is -2.26. The molecular formula is C15H15ClFN3O2. The molecule has 1 fully saturated rings. The second-order valence-corrected chi connectivity index (χ2v) is 5.55. The van der Waals surface area contributed by atoms with Crippen molar-refractivity contribution in [3.05, 3.63) is 46.9 Å². The number of benzene rings is 1. The summed E-state index contributed by atoms with van der Waals surface area (Å²) < 4.78 is 18.5. The molecule has 0 spiro atoms. The van der Waals surface area contributed by atoms with Gasteiger partial charge in [-0.25, -0.2) is 9.37 Å². The molecule has 0 aliphatic carbocycles. The average molecular weight is 324 g/mol. The number of nitrogens with zero attached hydrogens (tertiary/aromatic N) is 3. The van der Waals surface area contributed by atoms with Crippen molar-refractivity contribution in [1.29, 1.82) is 0 Å². The van der Waals surface area contributed by atoms with E-state index in [-0.39, 0.29) is 17.9 Å². The maximum atomic E-state index is 13.5. The highest BCUT2D eigenvalue weighted by Crippen LogP contribution is 2.38. The first kappa shape index (κ1) is 15.0. The largest absolute Gasteiger partial charge is 0.467 e. The minimum atomic E-state index is -0.537. The van der Waals surface area contributed by atoms with Crippen LogP contribution in [0.4, 0.5) is 10.2 Å². The summed E-state index contributed by atoms with van der Waals surface area (Å²) in [7, 11) is 1.47. The van der Waals surface area contributed by atoms with Crippen LogP contribution in [-0.4, -0.2) is 34.8 Å². The molecule has 1 aliphatic heterocycles. The average Bonchev–Trinajstić information content (AvgIpc) is 2.89. The van der Waals surface area contributed by atoms with E-state index in [0.29, 0.717) is 23.8 Å². The lowest BCUT2D eigenvalue weighted by Crippen LogP contribution is -2.25. The fraction of sp³-hybridized carbons (Fsp3) is 0.333. The summed E-state index contributed by atoms with van der Waals surface area (Å²) in [5.74, 6) is 0.157. The number of methoxy groups -OCH3 is 1. The van der Waals surface area contributed by atoms with Gasteiger partial charge in [-0.2, -0.15) is 4.98 Å². The summed E-state index contributed by atoms with van der Waals surface area (Å²) in [6.07, 6.45) is 1.40. The van der Waals surface area contributed by atoms with Crippen LogP contribution < -0.4 is 9.64 Å². The number of hydrogen-bond acceptors (Lipinski definition) is 5. The summed E-state index contributed by atoms with van der Waals surface area (Å²) >= 11 is 6.19. The van der Waals surface area contributed by atoms with Crippen molar-refractivity contribution in [2.75, 3.05) is 18.6 Å². The number of hydrogen-bond donors (Lipinski definition) is 1. The minimum absolute atomic E-state index is 0.193. The van der Waals surface area contributed by atoms with Gasteiger partial charge in [0.05, 0.1) is 25.5 Å². The summed E-state index contributed by atoms with van der Waals surface area (Å²) in [6, 6.07) is 6.31. The van der Waals surface area contributed by atoms with E-state index in [1.54, 1.807) is 6.07 Å². The van der Waals surface area contributed by atoms with E-state index in [9.17, 15) is 9.50 Å². The van der Waals surface area contributed by atoms with Crippen LogP contribution in [0.1, 0.15) is 18.0 Å². The van der Waals surface area contributed by atoms with E-state index in [0.717, 1.165) is 5.56 Å². The number of ether oxygens (including phenoxy) is 1. The molecule has 7 heteroatoms. The number of aliphatic hydroxyl groups excluding tert-OH is 1. The van der Waals surface area contributed by atoms with Crippen LogP contribution in [0.2, 0.25) is 5.02 Å². The monoisotopic (exact) mass is 323 g/mol. The normalized spacial score (nSPS) is 21.2. The molecule has 2 aromatic rings. The van der Waals surface area contributed by atoms with Crippen LogP contribution in [0.15, 0.2) is 30.5 Å². The standard InChI is InChI=1S/C15H15ClFN3O2/c1-22-15-18-7-12(16)14(19-15)20-8-11(21)6-13(20)9-3-2-4-10(17)5-9/h2-5,7,11,13,21H,6,8H2,1H3/t11-,13+/m1/s1. The summed E-state index contributed by atoms with van der Waals surface area (Å²) in [6.45, 7) is 0.362. The molecule has 0 unspecified atom stereocenters. The Labute approximate surface area is 132 Å². The van der Waals surface area contributed by atoms with Crippen LogP contribution >= 0.6 is 11.6 Å². The number of halogens is 2. The first-order valence-electron chi connectivity index (χ1n) is 6.85. The van der Waals surface area contributed by atoms with Crippen molar-refractivity contribution < 1.29 is 14.2 Å². The number of rotatable bonds is 3. The zero-order chi connectivity index (χ0) is 15.7. The van der Waals surface area contributed by atoms with Crippen LogP contribution in [0, 0.1) is 5.82 Å². The Hall–Kier alpha value is -1.92. The Morgan fingerprint density at radius 2 is 2.27 bits per heavy atom. The number of anilines is 1. The van der Waals surface area contributed by atoms with Crippen molar-refractivity contribution in [2.45, 2.75) is 18.6 Å². The molecule has 0 bridgehead atoms. The number of aliphatic hydroxyl groups is 1. The Morgan fingerprint density at radius 1 is 1.45 bits per heavy atom. The SMILES string of the molecule is COc1ncc(Cl)c(N2C[C@H](O)C[C@H]2c2cccc(F)c2)n1. The lowest BCUT2D eigenvalue weighted by molar-refractivity contribution is 0.194. The molecule has 0 saturated carbocycles. The van der Waals surface area contributed by atoms with E-state index < -0.39 is 6.10 Å². The highest BCUT2D eigenvalue weighted by Gasteiger charge is 2.34. The molecule has 2 heterocycles. The molecule has 1 aromatic carbocycles. The van der Waals surface area contributed by atoms with E-state index in [4.69, 9.17) is 16.3 Å². The number of β-amino-alcohol motifs (C(OH)–C–C–N with tert-alkyl or cyclic N) is 1. The van der Waals surface area contributed by atoms with E-state index >= 15 is 0 Å². The Morgan fingerprint density at radius 3 is 3.00 bits per heavy atom. The van der Waals surface area contributed by atoms with Crippen molar-refractivity contribution >= 4 is 17.4 Å². The number of aromatic nitrogens is 2. The fourth-order valence-corrected chi connectivity index (χ4v) is 2.92. The van der Waals surface area contributed by atoms with Gasteiger partial charge < -0.3 is 14.7 Å². The minimum Gasteiger partial charge on any atom is -0.467 e. The molecule has 5 nitrogen and oxygen atoms in total. The molecule has 3 rings (SSSR count). The Kier molecular flexibility index (Phi) is 4.13. The molecule has 1 saturated heterocycles. The Bertz CT molecular complexity index is 686. The van der Waals surface area contributed by atoms with Gasteiger partial charge in [-0.3, -0.25) is 0 Å². The summed E-state index contributed by atoms with van der Waals surface area (Å²) in [5, 5.41) is 10.4. The predicted molar refractivity (Wildman–Crippen MR) is 80.7 cm³/mol. The van der Waals surface area contributed by atoms with Gasteiger partial charge in [0.1, 0.15) is 10.8 Å². The highest BCUT2D eigenvalue weighted by molar-refractivity contribution is 6.32. The van der Waals surface area contributed by atoms with E-state index in [1.807, 2.05) is 11.0 Å². The van der Waals surface area contributed by atoms with Crippen LogP contribution in [0.5, 0.6) is 6.01 Å². The van der Waals surface area contributed by atoms with E-state index in [1.165, 1.54) is 25.4 Å². The van der Waals surface area contributed by atoms with Crippen molar-refractivity contribution in [3.8, 4) is 6.01 Å². The molecule has 2 atom stereocenters. The summed E-state index contributed by atoms with van der Waals surface area (Å²) in [4.78, 5) is 10.1. The van der Waals surface area contributed by atoms with Crippen molar-refractivity contribution in [2.24, 2.45) is 0 Å². The van der Waals surface area contributed by atoms with E-state index in [2.05, 4.69) is 9.97 Å². The second kappa shape index (κ2) is 6.06. The zero-order valence-electron chi connectivity index (χ0n) is 11.9. The molecule has 116 valence electrons. The second-order valence-electron chi connectivity index (χ2n) is 5.14. The van der Waals surface area contributed by atoms with Gasteiger partial charge in [0.2, 0.25) is 0 Å². The third-order valence-electron chi connectivity index (χ3n) is 3.67. The first-order valence-corrected chi connectivity index (χ1v) is 7.23. The van der Waals surface area contributed by atoms with Crippen LogP contribution in [-0.2, 0) is 0 Å². The molecular weight excluding hydrogens is 309 g/mol. The topological polar surface area (TPSA) is 58.5 Å². The van der Waals surface area contributed by atoms with Crippen molar-refractivity contribution in [1.82, 2.24) is 9.97 Å². The molecule has 1 aliphatic rings. The maximum Gasteiger partial charge on any atom is 0.318 e. The van der Waals surface area contributed by atoms with Crippen LogP contribution in [0.3, 0.4) is 0 Å². The maximum absolute atomic E-state index is 13.5. The zero-order valence-corrected chi connectivity index (χ0v) is 12.7. The molecule has 0 amide bonds.